The lowest BCUT2D eigenvalue weighted by Crippen LogP contribution is -2.36. The van der Waals surface area contributed by atoms with E-state index in [2.05, 4.69) is 41.8 Å². The van der Waals surface area contributed by atoms with Gasteiger partial charge in [0.25, 0.3) is 0 Å². The molecule has 0 amide bonds. The lowest BCUT2D eigenvalue weighted by Gasteiger charge is -2.29. The van der Waals surface area contributed by atoms with Crippen LogP contribution in [-0.2, 0) is 17.8 Å². The monoisotopic (exact) mass is 260 g/mol. The Bertz CT molecular complexity index is 440. The highest BCUT2D eigenvalue weighted by Gasteiger charge is 2.23. The van der Waals surface area contributed by atoms with Crippen LogP contribution < -0.4 is 4.90 Å². The van der Waals surface area contributed by atoms with Gasteiger partial charge >= 0.3 is 0 Å². The second-order valence-electron chi connectivity index (χ2n) is 5.71. The summed E-state index contributed by atoms with van der Waals surface area (Å²) >= 11 is 0. The zero-order valence-electron chi connectivity index (χ0n) is 12.1. The molecule has 1 saturated heterocycles. The molecule has 3 rings (SSSR count). The number of hydrogen-bond acceptors (Lipinski definition) is 3. The van der Waals surface area contributed by atoms with Crippen LogP contribution >= 0.6 is 0 Å². The minimum Gasteiger partial charge on any atom is -0.378 e. The molecule has 1 fully saturated rings. The molecule has 0 bridgehead atoms. The van der Waals surface area contributed by atoms with Crippen molar-refractivity contribution in [3.05, 3.63) is 29.3 Å². The van der Waals surface area contributed by atoms with Gasteiger partial charge in [-0.15, -0.1) is 0 Å². The summed E-state index contributed by atoms with van der Waals surface area (Å²) in [5, 5.41) is 0. The van der Waals surface area contributed by atoms with Gasteiger partial charge in [-0.25, -0.2) is 0 Å². The van der Waals surface area contributed by atoms with E-state index >= 15 is 0 Å². The third-order valence-electron chi connectivity index (χ3n) is 4.53. The summed E-state index contributed by atoms with van der Waals surface area (Å²) in [4.78, 5) is 5.02. The van der Waals surface area contributed by atoms with Crippen molar-refractivity contribution in [1.29, 1.82) is 0 Å². The first-order valence-electron chi connectivity index (χ1n) is 7.46. The van der Waals surface area contributed by atoms with Gasteiger partial charge in [0.05, 0.1) is 13.2 Å². The maximum absolute atomic E-state index is 5.43. The number of morpholine rings is 1. The maximum Gasteiger partial charge on any atom is 0.0642 e. The van der Waals surface area contributed by atoms with Crippen molar-refractivity contribution in [3.63, 3.8) is 0 Å². The van der Waals surface area contributed by atoms with Crippen LogP contribution in [0.5, 0.6) is 0 Å². The van der Waals surface area contributed by atoms with Crippen LogP contribution in [0.2, 0.25) is 0 Å². The summed E-state index contributed by atoms with van der Waals surface area (Å²) in [6, 6.07) is 7.68. The third kappa shape index (κ3) is 2.63. The van der Waals surface area contributed by atoms with Crippen molar-refractivity contribution in [2.45, 2.75) is 39.4 Å². The maximum atomic E-state index is 5.43. The molecule has 1 aromatic rings. The van der Waals surface area contributed by atoms with E-state index in [4.69, 9.17) is 4.74 Å². The van der Waals surface area contributed by atoms with Crippen LogP contribution in [0.4, 0.5) is 5.69 Å². The topological polar surface area (TPSA) is 15.7 Å². The number of ether oxygens (including phenoxy) is 1. The van der Waals surface area contributed by atoms with Gasteiger partial charge < -0.3 is 9.64 Å². The van der Waals surface area contributed by atoms with Crippen LogP contribution in [0.3, 0.4) is 0 Å². The van der Waals surface area contributed by atoms with E-state index in [0.717, 1.165) is 39.4 Å². The van der Waals surface area contributed by atoms with Gasteiger partial charge in [-0.05, 0) is 36.6 Å². The van der Waals surface area contributed by atoms with Crippen molar-refractivity contribution < 1.29 is 4.74 Å². The molecule has 2 aliphatic heterocycles. The molecule has 0 saturated carbocycles. The second kappa shape index (κ2) is 5.51. The molecule has 1 unspecified atom stereocenters. The number of anilines is 1. The number of rotatable bonds is 3. The number of benzene rings is 1. The van der Waals surface area contributed by atoms with Gasteiger partial charge in [0.2, 0.25) is 0 Å². The predicted octanol–water partition coefficient (Wildman–Crippen LogP) is 2.64. The molecule has 0 spiro atoms. The molecular weight excluding hydrogens is 236 g/mol. The Morgan fingerprint density at radius 1 is 1.16 bits per heavy atom. The highest BCUT2D eigenvalue weighted by Crippen LogP contribution is 2.29. The van der Waals surface area contributed by atoms with Crippen LogP contribution in [0.25, 0.3) is 0 Å². The van der Waals surface area contributed by atoms with Gasteiger partial charge in [0, 0.05) is 37.9 Å². The van der Waals surface area contributed by atoms with Gasteiger partial charge in [-0.1, -0.05) is 13.0 Å². The van der Waals surface area contributed by atoms with Crippen molar-refractivity contribution >= 4 is 5.69 Å². The lowest BCUT2D eigenvalue weighted by atomic mass is 10.1. The summed E-state index contributed by atoms with van der Waals surface area (Å²) in [6.07, 6.45) is 1.23. The SMILES string of the molecule is CCC(C)N1Cc2ccc(N3CCOCC3)cc2C1. The zero-order valence-corrected chi connectivity index (χ0v) is 12.1. The van der Waals surface area contributed by atoms with E-state index in [-0.39, 0.29) is 0 Å². The highest BCUT2D eigenvalue weighted by atomic mass is 16.5. The summed E-state index contributed by atoms with van der Waals surface area (Å²) in [6.45, 7) is 10.6. The van der Waals surface area contributed by atoms with E-state index in [1.165, 1.54) is 23.2 Å². The predicted molar refractivity (Wildman–Crippen MR) is 78.5 cm³/mol. The second-order valence-corrected chi connectivity index (χ2v) is 5.71. The van der Waals surface area contributed by atoms with Crippen LogP contribution in [0.1, 0.15) is 31.4 Å². The first kappa shape index (κ1) is 12.9. The van der Waals surface area contributed by atoms with Crippen molar-refractivity contribution in [2.24, 2.45) is 0 Å². The van der Waals surface area contributed by atoms with Crippen LogP contribution in [-0.4, -0.2) is 37.2 Å². The lowest BCUT2D eigenvalue weighted by molar-refractivity contribution is 0.122. The van der Waals surface area contributed by atoms with E-state index in [0.29, 0.717) is 6.04 Å². The molecule has 104 valence electrons. The standard InChI is InChI=1S/C16H24N2O/c1-3-13(2)18-11-14-4-5-16(10-15(14)12-18)17-6-8-19-9-7-17/h4-5,10,13H,3,6-9,11-12H2,1-2H3. The van der Waals surface area contributed by atoms with Gasteiger partial charge in [-0.3, -0.25) is 4.90 Å². The van der Waals surface area contributed by atoms with Crippen molar-refractivity contribution in [1.82, 2.24) is 4.90 Å². The molecule has 0 aliphatic carbocycles. The third-order valence-corrected chi connectivity index (χ3v) is 4.53. The van der Waals surface area contributed by atoms with Crippen molar-refractivity contribution in [2.75, 3.05) is 31.2 Å². The Balaban J connectivity index is 1.75. The van der Waals surface area contributed by atoms with Gasteiger partial charge in [0.15, 0.2) is 0 Å². The number of hydrogen-bond donors (Lipinski definition) is 0. The minimum absolute atomic E-state index is 0.680. The summed E-state index contributed by atoms with van der Waals surface area (Å²) in [5.41, 5.74) is 4.40. The molecule has 19 heavy (non-hydrogen) atoms. The van der Waals surface area contributed by atoms with Gasteiger partial charge in [0.1, 0.15) is 0 Å². The fraction of sp³-hybridized carbons (Fsp3) is 0.625. The molecule has 2 heterocycles. The fourth-order valence-electron chi connectivity index (χ4n) is 3.00. The van der Waals surface area contributed by atoms with Crippen LogP contribution in [0, 0.1) is 0 Å². The van der Waals surface area contributed by atoms with E-state index < -0.39 is 0 Å². The summed E-state index contributed by atoms with van der Waals surface area (Å²) in [5.74, 6) is 0. The Morgan fingerprint density at radius 2 is 1.89 bits per heavy atom. The fourth-order valence-corrected chi connectivity index (χ4v) is 3.00. The molecule has 1 aromatic carbocycles. The minimum atomic E-state index is 0.680. The Labute approximate surface area is 116 Å². The summed E-state index contributed by atoms with van der Waals surface area (Å²) < 4.78 is 5.43. The van der Waals surface area contributed by atoms with Crippen molar-refractivity contribution in [3.8, 4) is 0 Å². The Morgan fingerprint density at radius 3 is 2.63 bits per heavy atom. The summed E-state index contributed by atoms with van der Waals surface area (Å²) in [7, 11) is 0. The molecule has 1 atom stereocenters. The first-order chi connectivity index (χ1) is 9.28. The van der Waals surface area contributed by atoms with Crippen LogP contribution in [0.15, 0.2) is 18.2 Å². The zero-order chi connectivity index (χ0) is 13.2. The molecule has 3 nitrogen and oxygen atoms in total. The van der Waals surface area contributed by atoms with E-state index in [9.17, 15) is 0 Å². The largest absolute Gasteiger partial charge is 0.378 e. The number of fused-ring (bicyclic) bond motifs is 1. The Kier molecular flexibility index (Phi) is 3.76. The smallest absolute Gasteiger partial charge is 0.0642 e. The molecule has 0 aromatic heterocycles. The highest BCUT2D eigenvalue weighted by molar-refractivity contribution is 5.52. The molecule has 3 heteroatoms. The quantitative estimate of drug-likeness (QED) is 0.831. The average Bonchev–Trinajstić information content (AvgIpc) is 2.90. The Hall–Kier alpha value is -1.06. The van der Waals surface area contributed by atoms with E-state index in [1.807, 2.05) is 0 Å². The molecule has 0 radical (unpaired) electrons. The average molecular weight is 260 g/mol. The molecule has 2 aliphatic rings. The first-order valence-corrected chi connectivity index (χ1v) is 7.46. The van der Waals surface area contributed by atoms with E-state index in [1.54, 1.807) is 0 Å². The normalized spacial score (nSPS) is 21.5. The molecule has 0 N–H and O–H groups in total. The van der Waals surface area contributed by atoms with Gasteiger partial charge in [-0.2, -0.15) is 0 Å². The molecular formula is C16H24N2O. The number of nitrogens with zero attached hydrogens (tertiary/aromatic N) is 2.